The Hall–Kier alpha value is -0.0400. The summed E-state index contributed by atoms with van der Waals surface area (Å²) in [6, 6.07) is 0. The molecule has 0 bridgehead atoms. The lowest BCUT2D eigenvalue weighted by Crippen LogP contribution is -2.23. The van der Waals surface area contributed by atoms with E-state index in [0.29, 0.717) is 11.5 Å². The number of hydrogen-bond acceptors (Lipinski definition) is 1. The van der Waals surface area contributed by atoms with E-state index in [1.54, 1.807) is 0 Å². The van der Waals surface area contributed by atoms with E-state index in [2.05, 4.69) is 27.7 Å². The van der Waals surface area contributed by atoms with E-state index in [1.165, 1.54) is 6.42 Å². The molecule has 0 aromatic carbocycles. The van der Waals surface area contributed by atoms with Gasteiger partial charge in [0.05, 0.1) is 6.10 Å². The fraction of sp³-hybridized carbons (Fsp3) is 1.00. The Morgan fingerprint density at radius 1 is 1.36 bits per heavy atom. The minimum Gasteiger partial charge on any atom is -0.381 e. The molecule has 0 heterocycles. The normalized spacial score (nSPS) is 31.1. The molecule has 1 rings (SSSR count). The first kappa shape index (κ1) is 9.05. The van der Waals surface area contributed by atoms with Crippen LogP contribution < -0.4 is 0 Å². The molecule has 0 aromatic heterocycles. The second-order valence-electron chi connectivity index (χ2n) is 4.59. The van der Waals surface area contributed by atoms with Crippen molar-refractivity contribution in [3.8, 4) is 0 Å². The lowest BCUT2D eigenvalue weighted by Gasteiger charge is -2.29. The molecule has 2 atom stereocenters. The summed E-state index contributed by atoms with van der Waals surface area (Å²) in [6.45, 7) is 9.29. The second kappa shape index (κ2) is 2.78. The number of ether oxygens (including phenoxy) is 1. The van der Waals surface area contributed by atoms with Gasteiger partial charge in [-0.2, -0.15) is 0 Å². The minimum absolute atomic E-state index is 0.459. The molecule has 0 aromatic rings. The molecule has 66 valence electrons. The van der Waals surface area contributed by atoms with Crippen LogP contribution in [0.15, 0.2) is 0 Å². The third kappa shape index (κ3) is 1.58. The number of hydrogen-bond donors (Lipinski definition) is 0. The summed E-state index contributed by atoms with van der Waals surface area (Å²) in [7, 11) is 1.82. The Morgan fingerprint density at radius 2 is 1.91 bits per heavy atom. The molecule has 0 radical (unpaired) electrons. The van der Waals surface area contributed by atoms with Gasteiger partial charge < -0.3 is 4.74 Å². The highest BCUT2D eigenvalue weighted by Gasteiger charge is 2.49. The van der Waals surface area contributed by atoms with E-state index in [1.807, 2.05) is 7.11 Å². The smallest absolute Gasteiger partial charge is 0.0609 e. The van der Waals surface area contributed by atoms with Gasteiger partial charge in [0.15, 0.2) is 0 Å². The van der Waals surface area contributed by atoms with Crippen molar-refractivity contribution in [1.82, 2.24) is 0 Å². The van der Waals surface area contributed by atoms with Crippen molar-refractivity contribution in [2.24, 2.45) is 17.3 Å². The van der Waals surface area contributed by atoms with Crippen LogP contribution in [0.4, 0.5) is 0 Å². The summed E-state index contributed by atoms with van der Waals surface area (Å²) in [5, 5.41) is 0. The fourth-order valence-electron chi connectivity index (χ4n) is 1.64. The summed E-state index contributed by atoms with van der Waals surface area (Å²) >= 11 is 0. The van der Waals surface area contributed by atoms with Gasteiger partial charge in [0.2, 0.25) is 0 Å². The highest BCUT2D eigenvalue weighted by molar-refractivity contribution is 4.98. The molecule has 11 heavy (non-hydrogen) atoms. The van der Waals surface area contributed by atoms with E-state index in [9.17, 15) is 0 Å². The van der Waals surface area contributed by atoms with Crippen molar-refractivity contribution < 1.29 is 4.74 Å². The largest absolute Gasteiger partial charge is 0.381 e. The highest BCUT2D eigenvalue weighted by atomic mass is 16.5. The topological polar surface area (TPSA) is 9.23 Å². The van der Waals surface area contributed by atoms with Gasteiger partial charge >= 0.3 is 0 Å². The molecule has 1 heteroatoms. The van der Waals surface area contributed by atoms with Crippen LogP contribution in [0.3, 0.4) is 0 Å². The Morgan fingerprint density at radius 3 is 2.18 bits per heavy atom. The summed E-state index contributed by atoms with van der Waals surface area (Å²) in [4.78, 5) is 0. The molecular formula is C10H20O. The van der Waals surface area contributed by atoms with Crippen LogP contribution in [0.25, 0.3) is 0 Å². The van der Waals surface area contributed by atoms with Crippen LogP contribution in [0.2, 0.25) is 0 Å². The minimum atomic E-state index is 0.459. The summed E-state index contributed by atoms with van der Waals surface area (Å²) in [6.07, 6.45) is 1.81. The molecule has 1 saturated carbocycles. The molecule has 0 aliphatic heterocycles. The molecule has 1 nitrogen and oxygen atoms in total. The molecule has 0 N–H and O–H groups in total. The van der Waals surface area contributed by atoms with Crippen molar-refractivity contribution in [2.45, 2.75) is 40.2 Å². The first-order valence-corrected chi connectivity index (χ1v) is 4.53. The first-order chi connectivity index (χ1) is 5.00. The number of methoxy groups -OCH3 is 1. The molecule has 1 aliphatic carbocycles. The van der Waals surface area contributed by atoms with Crippen molar-refractivity contribution in [2.75, 3.05) is 7.11 Å². The molecule has 0 saturated heterocycles. The zero-order valence-corrected chi connectivity index (χ0v) is 8.35. The first-order valence-electron chi connectivity index (χ1n) is 4.53. The van der Waals surface area contributed by atoms with Gasteiger partial charge in [-0.1, -0.05) is 27.7 Å². The quantitative estimate of drug-likeness (QED) is 0.610. The molecule has 0 spiro atoms. The van der Waals surface area contributed by atoms with Gasteiger partial charge in [-0.25, -0.2) is 0 Å². The average molecular weight is 156 g/mol. The van der Waals surface area contributed by atoms with Gasteiger partial charge in [-0.05, 0) is 23.7 Å². The third-order valence-electron chi connectivity index (χ3n) is 3.48. The zero-order chi connectivity index (χ0) is 8.65. The Labute approximate surface area is 70.1 Å². The molecule has 0 amide bonds. The predicted octanol–water partition coefficient (Wildman–Crippen LogP) is 2.70. The average Bonchev–Trinajstić information content (AvgIpc) is 2.65. The van der Waals surface area contributed by atoms with Gasteiger partial charge in [-0.3, -0.25) is 0 Å². The van der Waals surface area contributed by atoms with Crippen LogP contribution in [0, 0.1) is 17.3 Å². The SMILES string of the molecule is COC1CC1C(C)(C)C(C)C. The van der Waals surface area contributed by atoms with Crippen molar-refractivity contribution in [1.29, 1.82) is 0 Å². The number of rotatable bonds is 3. The Balaban J connectivity index is 2.48. The third-order valence-corrected chi connectivity index (χ3v) is 3.48. The maximum absolute atomic E-state index is 5.31. The van der Waals surface area contributed by atoms with Crippen molar-refractivity contribution in [3.05, 3.63) is 0 Å². The summed E-state index contributed by atoms with van der Waals surface area (Å²) < 4.78 is 5.31. The summed E-state index contributed by atoms with van der Waals surface area (Å²) in [5.41, 5.74) is 0.459. The van der Waals surface area contributed by atoms with Crippen LogP contribution in [-0.4, -0.2) is 13.2 Å². The van der Waals surface area contributed by atoms with Crippen LogP contribution in [0.1, 0.15) is 34.1 Å². The lowest BCUT2D eigenvalue weighted by atomic mass is 9.77. The van der Waals surface area contributed by atoms with Crippen LogP contribution >= 0.6 is 0 Å². The predicted molar refractivity (Wildman–Crippen MR) is 47.5 cm³/mol. The Kier molecular flexibility index (Phi) is 2.29. The second-order valence-corrected chi connectivity index (χ2v) is 4.59. The van der Waals surface area contributed by atoms with E-state index >= 15 is 0 Å². The maximum Gasteiger partial charge on any atom is 0.0609 e. The highest BCUT2D eigenvalue weighted by Crippen LogP contribution is 2.50. The van der Waals surface area contributed by atoms with Crippen molar-refractivity contribution in [3.63, 3.8) is 0 Å². The maximum atomic E-state index is 5.31. The fourth-order valence-corrected chi connectivity index (χ4v) is 1.64. The lowest BCUT2D eigenvalue weighted by molar-refractivity contribution is 0.115. The van der Waals surface area contributed by atoms with Gasteiger partial charge in [0.1, 0.15) is 0 Å². The zero-order valence-electron chi connectivity index (χ0n) is 8.35. The molecule has 2 unspecified atom stereocenters. The molecule has 1 fully saturated rings. The van der Waals surface area contributed by atoms with E-state index in [0.717, 1.165) is 11.8 Å². The van der Waals surface area contributed by atoms with Gasteiger partial charge in [0.25, 0.3) is 0 Å². The Bertz CT molecular complexity index is 138. The van der Waals surface area contributed by atoms with Gasteiger partial charge in [-0.15, -0.1) is 0 Å². The van der Waals surface area contributed by atoms with Crippen molar-refractivity contribution >= 4 is 0 Å². The molecular weight excluding hydrogens is 136 g/mol. The molecule has 1 aliphatic rings. The van der Waals surface area contributed by atoms with Gasteiger partial charge in [0, 0.05) is 7.11 Å². The monoisotopic (exact) mass is 156 g/mol. The van der Waals surface area contributed by atoms with Crippen LogP contribution in [-0.2, 0) is 4.74 Å². The van der Waals surface area contributed by atoms with E-state index < -0.39 is 0 Å². The summed E-state index contributed by atoms with van der Waals surface area (Å²) in [5.74, 6) is 1.56. The standard InChI is InChI=1S/C10H20O/c1-7(2)10(3,4)8-6-9(8)11-5/h7-9H,6H2,1-5H3. The van der Waals surface area contributed by atoms with E-state index in [4.69, 9.17) is 4.74 Å². The van der Waals surface area contributed by atoms with E-state index in [-0.39, 0.29) is 0 Å². The van der Waals surface area contributed by atoms with Crippen LogP contribution in [0.5, 0.6) is 0 Å².